The van der Waals surface area contributed by atoms with Crippen LogP contribution >= 0.6 is 27.7 Å². The van der Waals surface area contributed by atoms with Gasteiger partial charge in [0.15, 0.2) is 0 Å². The van der Waals surface area contributed by atoms with E-state index in [1.807, 2.05) is 28.8 Å². The lowest BCUT2D eigenvalue weighted by atomic mass is 10.3. The first-order valence-corrected chi connectivity index (χ1v) is 9.73. The van der Waals surface area contributed by atoms with E-state index in [2.05, 4.69) is 20.9 Å². The van der Waals surface area contributed by atoms with Crippen LogP contribution in [-0.4, -0.2) is 46.0 Å². The van der Waals surface area contributed by atoms with E-state index in [1.165, 1.54) is 25.7 Å². The second-order valence-corrected chi connectivity index (χ2v) is 8.02. The first kappa shape index (κ1) is 16.1. The third-order valence-electron chi connectivity index (χ3n) is 4.25. The zero-order valence-electron chi connectivity index (χ0n) is 12.5. The molecule has 1 aliphatic heterocycles. The largest absolute Gasteiger partial charge is 0.472 e. The summed E-state index contributed by atoms with van der Waals surface area (Å²) in [5.41, 5.74) is 0. The van der Waals surface area contributed by atoms with Gasteiger partial charge in [0.25, 0.3) is 0 Å². The Morgan fingerprint density at radius 1 is 1.41 bits per heavy atom. The predicted molar refractivity (Wildman–Crippen MR) is 92.3 cm³/mol. The first-order valence-electron chi connectivity index (χ1n) is 7.89. The van der Waals surface area contributed by atoms with Crippen LogP contribution in [0, 0.1) is 0 Å². The minimum Gasteiger partial charge on any atom is -0.472 e. The molecule has 1 aromatic heterocycles. The number of aromatic nitrogens is 1. The van der Waals surface area contributed by atoms with Gasteiger partial charge in [0.05, 0.1) is 16.8 Å². The molecule has 1 aliphatic carbocycles. The van der Waals surface area contributed by atoms with Crippen molar-refractivity contribution in [3.63, 3.8) is 0 Å². The highest BCUT2D eigenvalue weighted by Crippen LogP contribution is 2.30. The number of hydrogen-bond donors (Lipinski definition) is 0. The first-order chi connectivity index (χ1) is 10.7. The fourth-order valence-corrected chi connectivity index (χ4v) is 4.58. The molecule has 1 amide bonds. The van der Waals surface area contributed by atoms with Gasteiger partial charge in [0.1, 0.15) is 6.10 Å². The van der Waals surface area contributed by atoms with E-state index in [0.717, 1.165) is 17.4 Å². The number of thioether (sulfide) groups is 1. The molecule has 3 rings (SSSR count). The average molecular weight is 385 g/mol. The number of amides is 1. The number of hydrogen-bond acceptors (Lipinski definition) is 4. The minimum atomic E-state index is 0.0478. The van der Waals surface area contributed by atoms with Crippen molar-refractivity contribution in [3.8, 4) is 5.88 Å². The molecule has 6 heteroatoms. The summed E-state index contributed by atoms with van der Waals surface area (Å²) in [6, 6.07) is 3.78. The Hall–Kier alpha value is -0.750. The summed E-state index contributed by atoms with van der Waals surface area (Å²) in [5.74, 6) is 1.48. The molecule has 1 unspecified atom stereocenters. The van der Waals surface area contributed by atoms with Crippen LogP contribution < -0.4 is 4.74 Å². The third-order valence-corrected chi connectivity index (χ3v) is 6.21. The lowest BCUT2D eigenvalue weighted by Gasteiger charge is -2.18. The summed E-state index contributed by atoms with van der Waals surface area (Å²) in [4.78, 5) is 18.4. The van der Waals surface area contributed by atoms with Gasteiger partial charge in [0, 0.05) is 24.4 Å². The summed E-state index contributed by atoms with van der Waals surface area (Å²) in [6.45, 7) is 1.46. The van der Waals surface area contributed by atoms with Crippen molar-refractivity contribution in [3.05, 3.63) is 22.8 Å². The van der Waals surface area contributed by atoms with Gasteiger partial charge in [-0.05, 0) is 40.9 Å². The summed E-state index contributed by atoms with van der Waals surface area (Å²) in [5, 5.41) is 0.697. The topological polar surface area (TPSA) is 42.4 Å². The summed E-state index contributed by atoms with van der Waals surface area (Å²) >= 11 is 5.27. The van der Waals surface area contributed by atoms with Gasteiger partial charge < -0.3 is 9.64 Å². The second-order valence-electron chi connectivity index (χ2n) is 5.88. The van der Waals surface area contributed by atoms with Crippen molar-refractivity contribution in [1.82, 2.24) is 9.88 Å². The van der Waals surface area contributed by atoms with Crippen LogP contribution in [0.1, 0.15) is 32.1 Å². The summed E-state index contributed by atoms with van der Waals surface area (Å²) < 4.78 is 6.76. The molecule has 0 radical (unpaired) electrons. The smallest absolute Gasteiger partial charge is 0.232 e. The predicted octanol–water partition coefficient (Wildman–Crippen LogP) is 3.50. The molecule has 0 bridgehead atoms. The van der Waals surface area contributed by atoms with Crippen molar-refractivity contribution >= 4 is 33.6 Å². The Kier molecular flexibility index (Phi) is 5.63. The van der Waals surface area contributed by atoms with Crippen molar-refractivity contribution in [2.75, 3.05) is 18.8 Å². The average Bonchev–Trinajstić information content (AvgIpc) is 3.19. The Morgan fingerprint density at radius 3 is 3.00 bits per heavy atom. The van der Waals surface area contributed by atoms with Crippen LogP contribution in [0.15, 0.2) is 22.8 Å². The second kappa shape index (κ2) is 7.68. The Labute approximate surface area is 144 Å². The monoisotopic (exact) mass is 384 g/mol. The Balaban J connectivity index is 1.45. The molecule has 4 nitrogen and oxygen atoms in total. The number of likely N-dealkylation sites (tertiary alicyclic amines) is 1. The van der Waals surface area contributed by atoms with Gasteiger partial charge in [-0.3, -0.25) is 4.79 Å². The van der Waals surface area contributed by atoms with Crippen molar-refractivity contribution in [2.45, 2.75) is 43.5 Å². The van der Waals surface area contributed by atoms with E-state index >= 15 is 0 Å². The van der Waals surface area contributed by atoms with E-state index in [4.69, 9.17) is 4.74 Å². The zero-order valence-corrected chi connectivity index (χ0v) is 14.9. The van der Waals surface area contributed by atoms with Crippen LogP contribution in [0.3, 0.4) is 0 Å². The molecule has 120 valence electrons. The molecule has 2 fully saturated rings. The quantitative estimate of drug-likeness (QED) is 0.778. The van der Waals surface area contributed by atoms with Crippen molar-refractivity contribution < 1.29 is 9.53 Å². The van der Waals surface area contributed by atoms with Crippen LogP contribution in [0.5, 0.6) is 5.88 Å². The Morgan fingerprint density at radius 2 is 2.23 bits per heavy atom. The van der Waals surface area contributed by atoms with E-state index in [9.17, 15) is 4.79 Å². The van der Waals surface area contributed by atoms with Crippen LogP contribution in [0.25, 0.3) is 0 Å². The van der Waals surface area contributed by atoms with E-state index in [0.29, 0.717) is 23.4 Å². The number of rotatable bonds is 5. The maximum Gasteiger partial charge on any atom is 0.232 e. The highest BCUT2D eigenvalue weighted by Gasteiger charge is 2.28. The number of ether oxygens (including phenoxy) is 1. The standard InChI is InChI=1S/C16H21BrN2O2S/c17-14-6-3-8-18-16(14)21-12-7-9-19(10-12)15(20)11-22-13-4-1-2-5-13/h3,6,8,12-13H,1-2,4-5,7,9-11H2. The number of nitrogens with zero attached hydrogens (tertiary/aromatic N) is 2. The van der Waals surface area contributed by atoms with E-state index in [1.54, 1.807) is 6.20 Å². The van der Waals surface area contributed by atoms with E-state index < -0.39 is 0 Å². The van der Waals surface area contributed by atoms with Crippen molar-refractivity contribution in [1.29, 1.82) is 0 Å². The minimum absolute atomic E-state index is 0.0478. The fourth-order valence-electron chi connectivity index (χ4n) is 3.00. The molecule has 2 heterocycles. The van der Waals surface area contributed by atoms with Gasteiger partial charge in [-0.1, -0.05) is 12.8 Å². The molecule has 1 saturated heterocycles. The maximum absolute atomic E-state index is 12.3. The molecule has 2 aliphatic rings. The molecule has 1 saturated carbocycles. The number of carbonyl (C=O) groups excluding carboxylic acids is 1. The Bertz CT molecular complexity index is 523. The summed E-state index contributed by atoms with van der Waals surface area (Å²) in [7, 11) is 0. The number of carbonyl (C=O) groups is 1. The molecule has 22 heavy (non-hydrogen) atoms. The lowest BCUT2D eigenvalue weighted by Crippen LogP contribution is -2.32. The normalized spacial score (nSPS) is 22.2. The molecular formula is C16H21BrN2O2S. The highest BCUT2D eigenvalue weighted by atomic mass is 79.9. The molecule has 0 spiro atoms. The zero-order chi connectivity index (χ0) is 15.4. The van der Waals surface area contributed by atoms with Crippen LogP contribution in [-0.2, 0) is 4.79 Å². The number of halogens is 1. The van der Waals surface area contributed by atoms with Gasteiger partial charge in [-0.25, -0.2) is 4.98 Å². The molecule has 1 aromatic rings. The SMILES string of the molecule is O=C(CSC1CCCC1)N1CCC(Oc2ncccc2Br)C1. The fraction of sp³-hybridized carbons (Fsp3) is 0.625. The molecule has 0 N–H and O–H groups in total. The molecule has 1 atom stereocenters. The maximum atomic E-state index is 12.3. The van der Waals surface area contributed by atoms with E-state index in [-0.39, 0.29) is 12.0 Å². The van der Waals surface area contributed by atoms with Gasteiger partial charge >= 0.3 is 0 Å². The van der Waals surface area contributed by atoms with Gasteiger partial charge in [0.2, 0.25) is 11.8 Å². The highest BCUT2D eigenvalue weighted by molar-refractivity contribution is 9.10. The lowest BCUT2D eigenvalue weighted by molar-refractivity contribution is -0.127. The third kappa shape index (κ3) is 4.16. The van der Waals surface area contributed by atoms with Crippen LogP contribution in [0.4, 0.5) is 0 Å². The van der Waals surface area contributed by atoms with Crippen LogP contribution in [0.2, 0.25) is 0 Å². The molecule has 0 aromatic carbocycles. The molecular weight excluding hydrogens is 364 g/mol. The van der Waals surface area contributed by atoms with Gasteiger partial charge in [-0.2, -0.15) is 0 Å². The van der Waals surface area contributed by atoms with Gasteiger partial charge in [-0.15, -0.1) is 11.8 Å². The number of pyridine rings is 1. The van der Waals surface area contributed by atoms with Crippen molar-refractivity contribution in [2.24, 2.45) is 0 Å². The summed E-state index contributed by atoms with van der Waals surface area (Å²) in [6.07, 6.45) is 7.84.